The zero-order valence-electron chi connectivity index (χ0n) is 10.8. The summed E-state index contributed by atoms with van der Waals surface area (Å²) in [4.78, 5) is -0.354. The Morgan fingerprint density at radius 2 is 1.89 bits per heavy atom. The first-order chi connectivity index (χ1) is 8.18. The summed E-state index contributed by atoms with van der Waals surface area (Å²) < 4.78 is 40.1. The van der Waals surface area contributed by atoms with Crippen molar-refractivity contribution in [1.29, 1.82) is 0 Å². The second kappa shape index (κ2) is 5.34. The maximum absolute atomic E-state index is 13.5. The molecule has 0 bridgehead atoms. The lowest BCUT2D eigenvalue weighted by Crippen LogP contribution is -2.48. The van der Waals surface area contributed by atoms with Crippen LogP contribution in [0.5, 0.6) is 0 Å². The van der Waals surface area contributed by atoms with Crippen molar-refractivity contribution in [2.24, 2.45) is 11.1 Å². The fourth-order valence-corrected chi connectivity index (χ4v) is 3.03. The highest BCUT2D eigenvalue weighted by Gasteiger charge is 2.29. The van der Waals surface area contributed by atoms with Gasteiger partial charge in [-0.05, 0) is 17.5 Å². The van der Waals surface area contributed by atoms with Gasteiger partial charge in [0.25, 0.3) is 0 Å². The zero-order valence-corrected chi connectivity index (χ0v) is 11.6. The largest absolute Gasteiger partial charge is 0.329 e. The van der Waals surface area contributed by atoms with Gasteiger partial charge < -0.3 is 5.73 Å². The maximum Gasteiger partial charge on any atom is 0.243 e. The van der Waals surface area contributed by atoms with E-state index in [1.54, 1.807) is 0 Å². The Labute approximate surface area is 107 Å². The Morgan fingerprint density at radius 3 is 2.33 bits per heavy atom. The Kier molecular flexibility index (Phi) is 4.47. The van der Waals surface area contributed by atoms with E-state index in [1.165, 1.54) is 18.2 Å². The molecule has 0 amide bonds. The van der Waals surface area contributed by atoms with Crippen LogP contribution >= 0.6 is 0 Å². The topological polar surface area (TPSA) is 72.2 Å². The molecule has 0 saturated heterocycles. The van der Waals surface area contributed by atoms with Gasteiger partial charge in [0.2, 0.25) is 10.0 Å². The van der Waals surface area contributed by atoms with Crippen molar-refractivity contribution in [2.75, 3.05) is 6.54 Å². The first-order valence-corrected chi connectivity index (χ1v) is 7.13. The molecule has 0 fully saturated rings. The molecule has 3 N–H and O–H groups in total. The summed E-state index contributed by atoms with van der Waals surface area (Å²) in [7, 11) is -3.89. The molecule has 1 atom stereocenters. The third-order valence-corrected chi connectivity index (χ3v) is 4.21. The van der Waals surface area contributed by atoms with Gasteiger partial charge in [-0.2, -0.15) is 0 Å². The lowest BCUT2D eigenvalue weighted by molar-refractivity contribution is 0.304. The van der Waals surface area contributed by atoms with Crippen molar-refractivity contribution in [3.63, 3.8) is 0 Å². The third-order valence-electron chi connectivity index (χ3n) is 2.70. The Bertz CT molecular complexity index is 509. The molecular formula is C12H19FN2O2S. The van der Waals surface area contributed by atoms with Crippen LogP contribution in [0.25, 0.3) is 0 Å². The van der Waals surface area contributed by atoms with Gasteiger partial charge in [0, 0.05) is 12.6 Å². The Morgan fingerprint density at radius 1 is 1.33 bits per heavy atom. The molecule has 0 saturated carbocycles. The first-order valence-electron chi connectivity index (χ1n) is 5.65. The number of benzene rings is 1. The average Bonchev–Trinajstić information content (AvgIpc) is 2.24. The quantitative estimate of drug-likeness (QED) is 0.873. The van der Waals surface area contributed by atoms with Gasteiger partial charge in [0.1, 0.15) is 10.7 Å². The predicted molar refractivity (Wildman–Crippen MR) is 69.0 cm³/mol. The molecule has 0 heterocycles. The second-order valence-corrected chi connectivity index (χ2v) is 6.89. The fraction of sp³-hybridized carbons (Fsp3) is 0.500. The van der Waals surface area contributed by atoms with Gasteiger partial charge in [-0.1, -0.05) is 32.9 Å². The minimum atomic E-state index is -3.89. The molecule has 0 radical (unpaired) electrons. The fourth-order valence-electron chi connectivity index (χ4n) is 1.49. The molecule has 1 unspecified atom stereocenters. The SMILES string of the molecule is CC(C)(C)C(CN)NS(=O)(=O)c1ccccc1F. The summed E-state index contributed by atoms with van der Waals surface area (Å²) in [6.07, 6.45) is 0. The number of nitrogens with one attached hydrogen (secondary N) is 1. The molecule has 0 spiro atoms. The summed E-state index contributed by atoms with van der Waals surface area (Å²) in [5.74, 6) is -0.769. The second-order valence-electron chi connectivity index (χ2n) is 5.21. The molecule has 6 heteroatoms. The van der Waals surface area contributed by atoms with Crippen LogP contribution in [-0.4, -0.2) is 21.0 Å². The Hall–Kier alpha value is -0.980. The summed E-state index contributed by atoms with van der Waals surface area (Å²) >= 11 is 0. The molecule has 4 nitrogen and oxygen atoms in total. The van der Waals surface area contributed by atoms with Crippen molar-refractivity contribution in [1.82, 2.24) is 4.72 Å². The predicted octanol–water partition coefficient (Wildman–Crippen LogP) is 1.48. The minimum absolute atomic E-state index is 0.150. The van der Waals surface area contributed by atoms with Crippen molar-refractivity contribution in [2.45, 2.75) is 31.7 Å². The van der Waals surface area contributed by atoms with Gasteiger partial charge in [-0.15, -0.1) is 0 Å². The van der Waals surface area contributed by atoms with E-state index in [0.717, 1.165) is 6.07 Å². The standard InChI is InChI=1S/C12H19FN2O2S/c1-12(2,3)11(8-14)15-18(16,17)10-7-5-4-6-9(10)13/h4-7,11,15H,8,14H2,1-3H3. The molecular weight excluding hydrogens is 255 g/mol. The molecule has 0 aromatic heterocycles. The lowest BCUT2D eigenvalue weighted by atomic mass is 9.88. The molecule has 0 aliphatic rings. The van der Waals surface area contributed by atoms with Crippen molar-refractivity contribution >= 4 is 10.0 Å². The van der Waals surface area contributed by atoms with Crippen LogP contribution in [0.15, 0.2) is 29.2 Å². The summed E-state index contributed by atoms with van der Waals surface area (Å²) in [5.41, 5.74) is 5.22. The van der Waals surface area contributed by atoms with Crippen LogP contribution in [0.1, 0.15) is 20.8 Å². The molecule has 1 aromatic carbocycles. The number of nitrogens with two attached hydrogens (primary N) is 1. The van der Waals surface area contributed by atoms with E-state index in [-0.39, 0.29) is 16.9 Å². The molecule has 1 aromatic rings. The van der Waals surface area contributed by atoms with Gasteiger partial charge in [0.15, 0.2) is 0 Å². The number of hydrogen-bond donors (Lipinski definition) is 2. The smallest absolute Gasteiger partial charge is 0.243 e. The van der Waals surface area contributed by atoms with Crippen molar-refractivity contribution in [3.05, 3.63) is 30.1 Å². The first kappa shape index (κ1) is 15.1. The van der Waals surface area contributed by atoms with E-state index >= 15 is 0 Å². The maximum atomic E-state index is 13.5. The lowest BCUT2D eigenvalue weighted by Gasteiger charge is -2.30. The van der Waals surface area contributed by atoms with Gasteiger partial charge >= 0.3 is 0 Å². The van der Waals surface area contributed by atoms with Crippen LogP contribution in [0.2, 0.25) is 0 Å². The van der Waals surface area contributed by atoms with Crippen molar-refractivity contribution < 1.29 is 12.8 Å². The van der Waals surface area contributed by atoms with Gasteiger partial charge in [0.05, 0.1) is 0 Å². The number of sulfonamides is 1. The van der Waals surface area contributed by atoms with E-state index in [9.17, 15) is 12.8 Å². The van der Waals surface area contributed by atoms with Crippen LogP contribution in [0.3, 0.4) is 0 Å². The van der Waals surface area contributed by atoms with E-state index in [1.807, 2.05) is 20.8 Å². The van der Waals surface area contributed by atoms with Gasteiger partial charge in [-0.25, -0.2) is 17.5 Å². The minimum Gasteiger partial charge on any atom is -0.329 e. The van der Waals surface area contributed by atoms with Crippen LogP contribution in [0, 0.1) is 11.2 Å². The van der Waals surface area contributed by atoms with E-state index in [0.29, 0.717) is 0 Å². The normalized spacial score (nSPS) is 14.5. The monoisotopic (exact) mass is 274 g/mol. The number of rotatable bonds is 4. The summed E-state index contributed by atoms with van der Waals surface area (Å²) in [6.45, 7) is 5.76. The van der Waals surface area contributed by atoms with Crippen molar-refractivity contribution in [3.8, 4) is 0 Å². The van der Waals surface area contributed by atoms with E-state index in [2.05, 4.69) is 4.72 Å². The van der Waals surface area contributed by atoms with Crippen LogP contribution < -0.4 is 10.5 Å². The van der Waals surface area contributed by atoms with Gasteiger partial charge in [-0.3, -0.25) is 0 Å². The number of hydrogen-bond acceptors (Lipinski definition) is 3. The molecule has 18 heavy (non-hydrogen) atoms. The highest BCUT2D eigenvalue weighted by molar-refractivity contribution is 7.89. The molecule has 102 valence electrons. The highest BCUT2D eigenvalue weighted by Crippen LogP contribution is 2.21. The highest BCUT2D eigenvalue weighted by atomic mass is 32.2. The van der Waals surface area contributed by atoms with E-state index < -0.39 is 21.9 Å². The summed E-state index contributed by atoms with van der Waals surface area (Å²) in [6, 6.07) is 4.81. The van der Waals surface area contributed by atoms with E-state index in [4.69, 9.17) is 5.73 Å². The van der Waals surface area contributed by atoms with Crippen LogP contribution in [-0.2, 0) is 10.0 Å². The zero-order chi connectivity index (χ0) is 14.0. The molecule has 1 rings (SSSR count). The number of halogens is 1. The Balaban J connectivity index is 3.06. The average molecular weight is 274 g/mol. The van der Waals surface area contributed by atoms with Crippen LogP contribution in [0.4, 0.5) is 4.39 Å². The third kappa shape index (κ3) is 3.51. The summed E-state index contributed by atoms with van der Waals surface area (Å²) in [5, 5.41) is 0. The molecule has 0 aliphatic heterocycles. The molecule has 0 aliphatic carbocycles.